The Morgan fingerprint density at radius 1 is 1.26 bits per heavy atom. The average Bonchev–Trinajstić information content (AvgIpc) is 2.33. The summed E-state index contributed by atoms with van der Waals surface area (Å²) >= 11 is 8.93. The second kappa shape index (κ2) is 5.44. The van der Waals surface area contributed by atoms with E-state index in [0.29, 0.717) is 4.47 Å². The van der Waals surface area contributed by atoms with Crippen LogP contribution in [0.15, 0.2) is 46.0 Å². The SMILES string of the molecule is O=S(=O)(Nc1cc(F)ccc1Cl)c1cncc(Br)c1. The van der Waals surface area contributed by atoms with Gasteiger partial charge in [0.1, 0.15) is 10.7 Å². The molecule has 0 saturated carbocycles. The van der Waals surface area contributed by atoms with E-state index in [9.17, 15) is 12.8 Å². The molecule has 0 spiro atoms. The molecular formula is C11H7BrClFN2O2S. The smallest absolute Gasteiger partial charge is 0.263 e. The van der Waals surface area contributed by atoms with Crippen molar-refractivity contribution < 1.29 is 12.8 Å². The molecule has 19 heavy (non-hydrogen) atoms. The van der Waals surface area contributed by atoms with Crippen LogP contribution in [0.25, 0.3) is 0 Å². The van der Waals surface area contributed by atoms with Crippen LogP contribution in [0.2, 0.25) is 5.02 Å². The summed E-state index contributed by atoms with van der Waals surface area (Å²) in [7, 11) is -3.87. The summed E-state index contributed by atoms with van der Waals surface area (Å²) in [4.78, 5) is 3.71. The maximum absolute atomic E-state index is 13.1. The molecule has 1 N–H and O–H groups in total. The summed E-state index contributed by atoms with van der Waals surface area (Å²) in [5.74, 6) is -0.588. The third-order valence-electron chi connectivity index (χ3n) is 2.16. The summed E-state index contributed by atoms with van der Waals surface area (Å²) in [5.41, 5.74) is -0.0263. The van der Waals surface area contributed by atoms with Crippen LogP contribution < -0.4 is 4.72 Å². The van der Waals surface area contributed by atoms with Crippen molar-refractivity contribution in [1.82, 2.24) is 4.98 Å². The van der Waals surface area contributed by atoms with Crippen LogP contribution in [0, 0.1) is 5.82 Å². The minimum Gasteiger partial charge on any atom is -0.278 e. The Morgan fingerprint density at radius 3 is 2.68 bits per heavy atom. The van der Waals surface area contributed by atoms with Gasteiger partial charge in [-0.2, -0.15) is 0 Å². The minimum atomic E-state index is -3.87. The number of benzene rings is 1. The standard InChI is InChI=1S/C11H7BrClFN2O2S/c12-7-3-9(6-15-5-7)19(17,18)16-11-4-8(14)1-2-10(11)13/h1-6,16H. The fourth-order valence-corrected chi connectivity index (χ4v) is 3.11. The molecule has 0 bridgehead atoms. The molecule has 0 saturated heterocycles. The number of rotatable bonds is 3. The van der Waals surface area contributed by atoms with E-state index in [1.165, 1.54) is 24.5 Å². The van der Waals surface area contributed by atoms with Crippen LogP contribution in [-0.2, 0) is 10.0 Å². The van der Waals surface area contributed by atoms with E-state index in [-0.39, 0.29) is 15.6 Å². The van der Waals surface area contributed by atoms with E-state index in [0.717, 1.165) is 12.1 Å². The molecule has 8 heteroatoms. The maximum Gasteiger partial charge on any atom is 0.263 e. The highest BCUT2D eigenvalue weighted by molar-refractivity contribution is 9.10. The molecule has 1 aromatic carbocycles. The number of nitrogens with one attached hydrogen (secondary N) is 1. The van der Waals surface area contributed by atoms with Crippen molar-refractivity contribution in [2.24, 2.45) is 0 Å². The Labute approximate surface area is 122 Å². The van der Waals surface area contributed by atoms with Gasteiger partial charge in [-0.25, -0.2) is 12.8 Å². The van der Waals surface area contributed by atoms with Crippen molar-refractivity contribution in [3.63, 3.8) is 0 Å². The highest BCUT2D eigenvalue weighted by Gasteiger charge is 2.17. The number of sulfonamides is 1. The van der Waals surface area contributed by atoms with Gasteiger partial charge in [-0.1, -0.05) is 11.6 Å². The number of halogens is 3. The monoisotopic (exact) mass is 364 g/mol. The lowest BCUT2D eigenvalue weighted by Gasteiger charge is -2.09. The molecule has 2 aromatic rings. The van der Waals surface area contributed by atoms with E-state index in [2.05, 4.69) is 25.6 Å². The van der Waals surface area contributed by atoms with Gasteiger partial charge in [-0.05, 0) is 40.2 Å². The number of hydrogen-bond donors (Lipinski definition) is 1. The first kappa shape index (κ1) is 14.2. The van der Waals surface area contributed by atoms with Gasteiger partial charge in [-0.15, -0.1) is 0 Å². The van der Waals surface area contributed by atoms with Gasteiger partial charge in [0.15, 0.2) is 0 Å². The molecule has 0 aliphatic carbocycles. The van der Waals surface area contributed by atoms with Gasteiger partial charge in [0.05, 0.1) is 10.7 Å². The molecule has 2 rings (SSSR count). The molecule has 0 amide bonds. The van der Waals surface area contributed by atoms with Gasteiger partial charge in [0.25, 0.3) is 10.0 Å². The molecule has 0 unspecified atom stereocenters. The Balaban J connectivity index is 2.39. The largest absolute Gasteiger partial charge is 0.278 e. The lowest BCUT2D eigenvalue weighted by atomic mass is 10.3. The fraction of sp³-hybridized carbons (Fsp3) is 0. The van der Waals surface area contributed by atoms with Crippen LogP contribution in [0.1, 0.15) is 0 Å². The molecule has 0 aliphatic rings. The van der Waals surface area contributed by atoms with Crippen molar-refractivity contribution in [3.05, 3.63) is 52.0 Å². The number of pyridine rings is 1. The Bertz CT molecular complexity index is 724. The third kappa shape index (κ3) is 3.43. The first-order chi connectivity index (χ1) is 8.88. The second-order valence-electron chi connectivity index (χ2n) is 3.57. The quantitative estimate of drug-likeness (QED) is 0.906. The minimum absolute atomic E-state index is 0.0263. The van der Waals surface area contributed by atoms with Gasteiger partial charge in [0, 0.05) is 16.9 Å². The van der Waals surface area contributed by atoms with Crippen LogP contribution in [0.5, 0.6) is 0 Å². The first-order valence-electron chi connectivity index (χ1n) is 4.97. The van der Waals surface area contributed by atoms with Gasteiger partial charge >= 0.3 is 0 Å². The molecule has 0 aliphatic heterocycles. The normalized spacial score (nSPS) is 11.3. The number of nitrogens with zero attached hydrogens (tertiary/aromatic N) is 1. The third-order valence-corrected chi connectivity index (χ3v) is 4.26. The summed E-state index contributed by atoms with van der Waals surface area (Å²) in [6.07, 6.45) is 2.63. The average molecular weight is 366 g/mol. The number of aromatic nitrogens is 1. The zero-order valence-electron chi connectivity index (χ0n) is 9.27. The molecular weight excluding hydrogens is 359 g/mol. The zero-order chi connectivity index (χ0) is 14.0. The summed E-state index contributed by atoms with van der Waals surface area (Å²) in [5, 5.41) is 0.105. The Hall–Kier alpha value is -1.18. The van der Waals surface area contributed by atoms with Crippen molar-refractivity contribution in [2.45, 2.75) is 4.90 Å². The number of hydrogen-bond acceptors (Lipinski definition) is 3. The molecule has 0 radical (unpaired) electrons. The highest BCUT2D eigenvalue weighted by Crippen LogP contribution is 2.25. The van der Waals surface area contributed by atoms with E-state index in [4.69, 9.17) is 11.6 Å². The van der Waals surface area contributed by atoms with E-state index >= 15 is 0 Å². The van der Waals surface area contributed by atoms with Crippen LogP contribution in [-0.4, -0.2) is 13.4 Å². The van der Waals surface area contributed by atoms with E-state index in [1.54, 1.807) is 0 Å². The second-order valence-corrected chi connectivity index (χ2v) is 6.57. The van der Waals surface area contributed by atoms with E-state index < -0.39 is 15.8 Å². The molecule has 4 nitrogen and oxygen atoms in total. The first-order valence-corrected chi connectivity index (χ1v) is 7.62. The van der Waals surface area contributed by atoms with Crippen LogP contribution in [0.4, 0.5) is 10.1 Å². The molecule has 100 valence electrons. The predicted molar refractivity (Wildman–Crippen MR) is 74.2 cm³/mol. The lowest BCUT2D eigenvalue weighted by molar-refractivity contribution is 0.600. The highest BCUT2D eigenvalue weighted by atomic mass is 79.9. The maximum atomic E-state index is 13.1. The lowest BCUT2D eigenvalue weighted by Crippen LogP contribution is -2.13. The van der Waals surface area contributed by atoms with E-state index in [1.807, 2.05) is 0 Å². The van der Waals surface area contributed by atoms with Gasteiger partial charge in [0.2, 0.25) is 0 Å². The van der Waals surface area contributed by atoms with Crippen molar-refractivity contribution in [3.8, 4) is 0 Å². The van der Waals surface area contributed by atoms with Crippen molar-refractivity contribution in [2.75, 3.05) is 4.72 Å². The van der Waals surface area contributed by atoms with Crippen LogP contribution in [0.3, 0.4) is 0 Å². The topological polar surface area (TPSA) is 59.1 Å². The predicted octanol–water partition coefficient (Wildman–Crippen LogP) is 3.44. The number of anilines is 1. The van der Waals surface area contributed by atoms with Gasteiger partial charge < -0.3 is 0 Å². The summed E-state index contributed by atoms with van der Waals surface area (Å²) in [6.45, 7) is 0. The summed E-state index contributed by atoms with van der Waals surface area (Å²) < 4.78 is 39.9. The zero-order valence-corrected chi connectivity index (χ0v) is 12.4. The van der Waals surface area contributed by atoms with Crippen LogP contribution >= 0.6 is 27.5 Å². The van der Waals surface area contributed by atoms with Crippen molar-refractivity contribution >= 4 is 43.2 Å². The van der Waals surface area contributed by atoms with Crippen molar-refractivity contribution in [1.29, 1.82) is 0 Å². The molecule has 1 aromatic heterocycles. The molecule has 0 atom stereocenters. The summed E-state index contributed by atoms with van der Waals surface area (Å²) in [6, 6.07) is 4.79. The Kier molecular flexibility index (Phi) is 4.07. The van der Waals surface area contributed by atoms with Gasteiger partial charge in [-0.3, -0.25) is 9.71 Å². The molecule has 0 fully saturated rings. The fourth-order valence-electron chi connectivity index (χ4n) is 1.32. The Morgan fingerprint density at radius 2 is 2.00 bits per heavy atom. The molecule has 1 heterocycles.